The van der Waals surface area contributed by atoms with E-state index in [1.165, 1.54) is 48.2 Å². The Balaban J connectivity index is 1.83. The molecule has 0 unspecified atom stereocenters. The van der Waals surface area contributed by atoms with Crippen LogP contribution in [0.1, 0.15) is 62.0 Å². The average Bonchev–Trinajstić information content (AvgIpc) is 3.33. The minimum atomic E-state index is 0.578. The van der Waals surface area contributed by atoms with Gasteiger partial charge in [-0.1, -0.05) is 69.5 Å². The Morgan fingerprint density at radius 1 is 0.839 bits per heavy atom. The SMILES string of the molecule is CCCCCN(CCCC)c1ccc(C=Cc2cccs2)c(OCc2ccccc2)c1. The predicted octanol–water partition coefficient (Wildman–Crippen LogP) is 8.29. The van der Waals surface area contributed by atoms with E-state index >= 15 is 0 Å². The zero-order chi connectivity index (χ0) is 21.7. The van der Waals surface area contributed by atoms with Gasteiger partial charge in [0.25, 0.3) is 0 Å². The fourth-order valence-electron chi connectivity index (χ4n) is 3.55. The van der Waals surface area contributed by atoms with Gasteiger partial charge in [0, 0.05) is 35.3 Å². The number of unbranched alkanes of at least 4 members (excludes halogenated alkanes) is 3. The van der Waals surface area contributed by atoms with E-state index in [0.29, 0.717) is 6.61 Å². The highest BCUT2D eigenvalue weighted by atomic mass is 32.1. The second kappa shape index (κ2) is 13.0. The van der Waals surface area contributed by atoms with Crippen LogP contribution in [0.25, 0.3) is 12.2 Å². The number of benzene rings is 2. The van der Waals surface area contributed by atoms with E-state index in [0.717, 1.165) is 24.4 Å². The van der Waals surface area contributed by atoms with Crippen molar-refractivity contribution in [3.05, 3.63) is 82.0 Å². The number of ether oxygens (including phenoxy) is 1. The van der Waals surface area contributed by atoms with Crippen molar-refractivity contribution >= 4 is 29.2 Å². The molecule has 0 atom stereocenters. The minimum Gasteiger partial charge on any atom is -0.488 e. The van der Waals surface area contributed by atoms with Gasteiger partial charge in [-0.2, -0.15) is 0 Å². The average molecular weight is 434 g/mol. The van der Waals surface area contributed by atoms with Gasteiger partial charge < -0.3 is 9.64 Å². The maximum Gasteiger partial charge on any atom is 0.129 e. The molecule has 0 fully saturated rings. The molecule has 0 aliphatic carbocycles. The summed E-state index contributed by atoms with van der Waals surface area (Å²) >= 11 is 1.75. The molecule has 0 radical (unpaired) electrons. The Kier molecular flexibility index (Phi) is 9.72. The van der Waals surface area contributed by atoms with Crippen LogP contribution in [0, 0.1) is 0 Å². The summed E-state index contributed by atoms with van der Waals surface area (Å²) in [6.07, 6.45) is 10.5. The number of nitrogens with zero attached hydrogens (tertiary/aromatic N) is 1. The van der Waals surface area contributed by atoms with Crippen molar-refractivity contribution in [2.45, 2.75) is 52.6 Å². The van der Waals surface area contributed by atoms with Crippen LogP contribution >= 0.6 is 11.3 Å². The first-order chi connectivity index (χ1) is 15.3. The summed E-state index contributed by atoms with van der Waals surface area (Å²) in [5.74, 6) is 0.950. The standard InChI is InChI=1S/C28H35NOS/c1-3-5-10-20-29(19-6-4-2)26-17-15-25(16-18-27-14-11-21-31-27)28(22-26)30-23-24-12-8-7-9-13-24/h7-9,11-18,21-22H,3-6,10,19-20,23H2,1-2H3. The Bertz CT molecular complexity index is 902. The van der Waals surface area contributed by atoms with E-state index in [-0.39, 0.29) is 0 Å². The summed E-state index contributed by atoms with van der Waals surface area (Å²) in [6.45, 7) is 7.31. The lowest BCUT2D eigenvalue weighted by Gasteiger charge is -2.26. The molecule has 3 aromatic rings. The molecule has 0 aliphatic heterocycles. The van der Waals surface area contributed by atoms with Crippen molar-refractivity contribution in [2.24, 2.45) is 0 Å². The van der Waals surface area contributed by atoms with Gasteiger partial charge in [0.1, 0.15) is 12.4 Å². The first-order valence-corrected chi connectivity index (χ1v) is 12.5. The zero-order valence-electron chi connectivity index (χ0n) is 18.9. The Hall–Kier alpha value is -2.52. The van der Waals surface area contributed by atoms with Crippen LogP contribution in [0.15, 0.2) is 66.0 Å². The quantitative estimate of drug-likeness (QED) is 0.251. The summed E-state index contributed by atoms with van der Waals surface area (Å²) in [7, 11) is 0. The lowest BCUT2D eigenvalue weighted by molar-refractivity contribution is 0.305. The number of hydrogen-bond donors (Lipinski definition) is 0. The number of rotatable bonds is 13. The molecule has 3 heteroatoms. The second-order valence-electron chi connectivity index (χ2n) is 7.89. The van der Waals surface area contributed by atoms with Crippen molar-refractivity contribution in [1.82, 2.24) is 0 Å². The molecule has 1 aromatic heterocycles. The lowest BCUT2D eigenvalue weighted by Crippen LogP contribution is -2.25. The van der Waals surface area contributed by atoms with E-state index in [9.17, 15) is 0 Å². The molecule has 31 heavy (non-hydrogen) atoms. The van der Waals surface area contributed by atoms with Gasteiger partial charge in [0.2, 0.25) is 0 Å². The molecule has 0 spiro atoms. The molecule has 0 saturated heterocycles. The molecule has 0 N–H and O–H groups in total. The van der Waals surface area contributed by atoms with Gasteiger partial charge in [-0.05, 0) is 54.1 Å². The number of thiophene rings is 1. The van der Waals surface area contributed by atoms with Gasteiger partial charge in [0.05, 0.1) is 0 Å². The van der Waals surface area contributed by atoms with Gasteiger partial charge in [0.15, 0.2) is 0 Å². The summed E-state index contributed by atoms with van der Waals surface area (Å²) < 4.78 is 6.34. The largest absolute Gasteiger partial charge is 0.488 e. The van der Waals surface area contributed by atoms with Gasteiger partial charge in [-0.3, -0.25) is 0 Å². The van der Waals surface area contributed by atoms with Crippen LogP contribution in [0.5, 0.6) is 5.75 Å². The normalized spacial score (nSPS) is 11.2. The third-order valence-corrected chi connectivity index (χ3v) is 6.22. The molecule has 164 valence electrons. The van der Waals surface area contributed by atoms with E-state index in [1.807, 2.05) is 6.07 Å². The maximum absolute atomic E-state index is 6.34. The molecule has 2 nitrogen and oxygen atoms in total. The van der Waals surface area contributed by atoms with Crippen LogP contribution in [0.3, 0.4) is 0 Å². The molecule has 0 aliphatic rings. The highest BCUT2D eigenvalue weighted by Crippen LogP contribution is 2.29. The van der Waals surface area contributed by atoms with Crippen molar-refractivity contribution in [3.8, 4) is 5.75 Å². The zero-order valence-corrected chi connectivity index (χ0v) is 19.7. The number of anilines is 1. The van der Waals surface area contributed by atoms with Crippen LogP contribution in [0.4, 0.5) is 5.69 Å². The Morgan fingerprint density at radius 2 is 1.65 bits per heavy atom. The molecule has 3 rings (SSSR count). The lowest BCUT2D eigenvalue weighted by atomic mass is 10.1. The third kappa shape index (κ3) is 7.59. The molecule has 0 amide bonds. The molecule has 0 bridgehead atoms. The summed E-state index contributed by atoms with van der Waals surface area (Å²) in [5, 5.41) is 2.11. The summed E-state index contributed by atoms with van der Waals surface area (Å²) in [4.78, 5) is 3.78. The van der Waals surface area contributed by atoms with Gasteiger partial charge >= 0.3 is 0 Å². The molecule has 1 heterocycles. The van der Waals surface area contributed by atoms with Crippen molar-refractivity contribution in [3.63, 3.8) is 0 Å². The smallest absolute Gasteiger partial charge is 0.129 e. The predicted molar refractivity (Wildman–Crippen MR) is 137 cm³/mol. The van der Waals surface area contributed by atoms with E-state index in [4.69, 9.17) is 4.74 Å². The van der Waals surface area contributed by atoms with Crippen LogP contribution in [0.2, 0.25) is 0 Å². The van der Waals surface area contributed by atoms with Crippen LogP contribution < -0.4 is 9.64 Å². The summed E-state index contributed by atoms with van der Waals surface area (Å²) in [6, 6.07) is 21.3. The fourth-order valence-corrected chi connectivity index (χ4v) is 4.17. The maximum atomic E-state index is 6.34. The second-order valence-corrected chi connectivity index (χ2v) is 8.87. The number of hydrogen-bond acceptors (Lipinski definition) is 3. The summed E-state index contributed by atoms with van der Waals surface area (Å²) in [5.41, 5.74) is 3.57. The Morgan fingerprint density at radius 3 is 2.39 bits per heavy atom. The van der Waals surface area contributed by atoms with E-state index < -0.39 is 0 Å². The van der Waals surface area contributed by atoms with Gasteiger partial charge in [-0.15, -0.1) is 11.3 Å². The van der Waals surface area contributed by atoms with Crippen molar-refractivity contribution in [1.29, 1.82) is 0 Å². The first kappa shape index (κ1) is 23.1. The molecule has 0 saturated carbocycles. The Labute approximate surface area is 192 Å². The van der Waals surface area contributed by atoms with E-state index in [1.54, 1.807) is 11.3 Å². The van der Waals surface area contributed by atoms with Crippen molar-refractivity contribution in [2.75, 3.05) is 18.0 Å². The molecular formula is C28H35NOS. The topological polar surface area (TPSA) is 12.5 Å². The fraction of sp³-hybridized carbons (Fsp3) is 0.357. The monoisotopic (exact) mass is 433 g/mol. The van der Waals surface area contributed by atoms with E-state index in [2.05, 4.69) is 90.9 Å². The molecule has 2 aromatic carbocycles. The first-order valence-electron chi connectivity index (χ1n) is 11.6. The third-order valence-electron chi connectivity index (χ3n) is 5.38. The van der Waals surface area contributed by atoms with Crippen molar-refractivity contribution < 1.29 is 4.74 Å². The highest BCUT2D eigenvalue weighted by Gasteiger charge is 2.10. The minimum absolute atomic E-state index is 0.578. The van der Waals surface area contributed by atoms with Crippen LogP contribution in [-0.4, -0.2) is 13.1 Å². The molecular weight excluding hydrogens is 398 g/mol. The van der Waals surface area contributed by atoms with Gasteiger partial charge in [-0.25, -0.2) is 0 Å². The highest BCUT2D eigenvalue weighted by molar-refractivity contribution is 7.10. The van der Waals surface area contributed by atoms with Crippen LogP contribution in [-0.2, 0) is 6.61 Å².